The van der Waals surface area contributed by atoms with E-state index < -0.39 is 0 Å². The number of esters is 1. The second kappa shape index (κ2) is 16.0. The predicted molar refractivity (Wildman–Crippen MR) is 154 cm³/mol. The van der Waals surface area contributed by atoms with Crippen molar-refractivity contribution in [2.75, 3.05) is 6.61 Å². The first kappa shape index (κ1) is 28.7. The van der Waals surface area contributed by atoms with E-state index in [1.165, 1.54) is 62.5 Å². The number of carbonyl (C=O) groups is 1. The lowest BCUT2D eigenvalue weighted by molar-refractivity contribution is 0.0627. The molecule has 0 radical (unpaired) electrons. The van der Waals surface area contributed by atoms with E-state index in [0.29, 0.717) is 11.3 Å². The van der Waals surface area contributed by atoms with Crippen LogP contribution in [0.1, 0.15) is 106 Å². The predicted octanol–water partition coefficient (Wildman–Crippen LogP) is 9.74. The number of ether oxygens (including phenoxy) is 2. The SMILES string of the molecule is CCCCCCCCCOC(C)c1ccc(-c2ccc(C(=O)Oc3ccc(CCCC)cc3)cc2)cc1. The molecule has 1 atom stereocenters. The molecular weight excluding hydrogens is 456 g/mol. The van der Waals surface area contributed by atoms with E-state index in [9.17, 15) is 4.79 Å². The third kappa shape index (κ3) is 9.81. The maximum atomic E-state index is 12.6. The molecule has 0 bridgehead atoms. The molecule has 0 amide bonds. The smallest absolute Gasteiger partial charge is 0.343 e. The monoisotopic (exact) mass is 500 g/mol. The summed E-state index contributed by atoms with van der Waals surface area (Å²) in [5.74, 6) is 0.239. The fourth-order valence-electron chi connectivity index (χ4n) is 4.43. The van der Waals surface area contributed by atoms with Crippen molar-refractivity contribution in [3.63, 3.8) is 0 Å². The van der Waals surface area contributed by atoms with E-state index in [0.717, 1.165) is 30.6 Å². The van der Waals surface area contributed by atoms with Crippen LogP contribution in [0, 0.1) is 0 Å². The molecule has 1 unspecified atom stereocenters. The average Bonchev–Trinajstić information content (AvgIpc) is 2.94. The van der Waals surface area contributed by atoms with Crippen LogP contribution in [-0.2, 0) is 11.2 Å². The second-order valence-corrected chi connectivity index (χ2v) is 9.97. The summed E-state index contributed by atoms with van der Waals surface area (Å²) in [4.78, 5) is 12.6. The summed E-state index contributed by atoms with van der Waals surface area (Å²) >= 11 is 0. The Labute approximate surface area is 224 Å². The standard InChI is InChI=1S/C34H44O3/c1-4-6-8-9-10-11-12-26-36-27(3)29-16-18-30(19-17-29)31-20-22-32(23-21-31)34(35)37-33-24-14-28(15-25-33)13-7-5-2/h14-25,27H,4-13,26H2,1-3H3. The Morgan fingerprint density at radius 2 is 1.24 bits per heavy atom. The van der Waals surface area contributed by atoms with E-state index in [1.807, 2.05) is 48.5 Å². The van der Waals surface area contributed by atoms with Crippen LogP contribution in [0.5, 0.6) is 5.75 Å². The van der Waals surface area contributed by atoms with Gasteiger partial charge in [-0.3, -0.25) is 0 Å². The Hall–Kier alpha value is -2.91. The lowest BCUT2D eigenvalue weighted by Crippen LogP contribution is -2.08. The van der Waals surface area contributed by atoms with Gasteiger partial charge in [-0.15, -0.1) is 0 Å². The minimum Gasteiger partial charge on any atom is -0.423 e. The fraction of sp³-hybridized carbons (Fsp3) is 0.441. The molecule has 0 aromatic heterocycles. The fourth-order valence-corrected chi connectivity index (χ4v) is 4.43. The van der Waals surface area contributed by atoms with Crippen LogP contribution in [0.3, 0.4) is 0 Å². The molecule has 0 heterocycles. The van der Waals surface area contributed by atoms with Crippen LogP contribution in [0.2, 0.25) is 0 Å². The van der Waals surface area contributed by atoms with Crippen LogP contribution in [0.25, 0.3) is 11.1 Å². The van der Waals surface area contributed by atoms with Gasteiger partial charge in [-0.1, -0.05) is 107 Å². The van der Waals surface area contributed by atoms with Gasteiger partial charge in [0.2, 0.25) is 0 Å². The summed E-state index contributed by atoms with van der Waals surface area (Å²) in [6, 6.07) is 23.9. The van der Waals surface area contributed by atoms with Crippen LogP contribution >= 0.6 is 0 Å². The van der Waals surface area contributed by atoms with E-state index >= 15 is 0 Å². The van der Waals surface area contributed by atoms with Gasteiger partial charge in [-0.25, -0.2) is 4.79 Å². The normalized spacial score (nSPS) is 11.9. The first-order chi connectivity index (χ1) is 18.1. The molecule has 3 heteroatoms. The number of hydrogen-bond donors (Lipinski definition) is 0. The highest BCUT2D eigenvalue weighted by Crippen LogP contribution is 2.25. The molecule has 0 aliphatic rings. The third-order valence-corrected chi connectivity index (χ3v) is 6.90. The maximum absolute atomic E-state index is 12.6. The Morgan fingerprint density at radius 1 is 0.676 bits per heavy atom. The van der Waals surface area contributed by atoms with Gasteiger partial charge in [-0.2, -0.15) is 0 Å². The van der Waals surface area contributed by atoms with E-state index in [2.05, 4.69) is 45.0 Å². The minimum absolute atomic E-state index is 0.0898. The van der Waals surface area contributed by atoms with Gasteiger partial charge < -0.3 is 9.47 Å². The molecule has 3 nitrogen and oxygen atoms in total. The Balaban J connectivity index is 1.45. The van der Waals surface area contributed by atoms with Crippen LogP contribution in [-0.4, -0.2) is 12.6 Å². The second-order valence-electron chi connectivity index (χ2n) is 9.97. The zero-order chi connectivity index (χ0) is 26.3. The van der Waals surface area contributed by atoms with Gasteiger partial charge in [0.15, 0.2) is 0 Å². The number of aryl methyl sites for hydroxylation is 1. The quantitative estimate of drug-likeness (QED) is 0.111. The highest BCUT2D eigenvalue weighted by Gasteiger charge is 2.10. The summed E-state index contributed by atoms with van der Waals surface area (Å²) in [6.45, 7) is 7.38. The van der Waals surface area contributed by atoms with Crippen molar-refractivity contribution in [2.45, 2.75) is 91.1 Å². The Kier molecular flexibility index (Phi) is 12.4. The lowest BCUT2D eigenvalue weighted by atomic mass is 10.0. The summed E-state index contributed by atoms with van der Waals surface area (Å²) in [7, 11) is 0. The largest absolute Gasteiger partial charge is 0.423 e. The van der Waals surface area contributed by atoms with Crippen molar-refractivity contribution in [1.29, 1.82) is 0 Å². The first-order valence-electron chi connectivity index (χ1n) is 14.2. The molecule has 0 spiro atoms. The summed E-state index contributed by atoms with van der Waals surface area (Å²) in [6.07, 6.45) is 12.5. The lowest BCUT2D eigenvalue weighted by Gasteiger charge is -2.14. The van der Waals surface area contributed by atoms with Gasteiger partial charge in [0.25, 0.3) is 0 Å². The molecule has 0 fully saturated rings. The average molecular weight is 501 g/mol. The third-order valence-electron chi connectivity index (χ3n) is 6.90. The number of benzene rings is 3. The van der Waals surface area contributed by atoms with Gasteiger partial charge >= 0.3 is 5.97 Å². The van der Waals surface area contributed by atoms with Gasteiger partial charge in [0.05, 0.1) is 11.7 Å². The van der Waals surface area contributed by atoms with Gasteiger partial charge in [0, 0.05) is 6.61 Å². The molecule has 0 saturated heterocycles. The maximum Gasteiger partial charge on any atom is 0.343 e. The minimum atomic E-state index is -0.338. The van der Waals surface area contributed by atoms with Crippen molar-refractivity contribution in [3.05, 3.63) is 89.5 Å². The first-order valence-corrected chi connectivity index (χ1v) is 14.2. The highest BCUT2D eigenvalue weighted by atomic mass is 16.5. The van der Waals surface area contributed by atoms with Crippen molar-refractivity contribution in [1.82, 2.24) is 0 Å². The Bertz CT molecular complexity index is 1040. The van der Waals surface area contributed by atoms with Gasteiger partial charge in [-0.05, 0) is 72.7 Å². The number of unbranched alkanes of at least 4 members (excludes halogenated alkanes) is 7. The number of rotatable bonds is 16. The number of hydrogen-bond acceptors (Lipinski definition) is 3. The molecule has 3 rings (SSSR count). The highest BCUT2D eigenvalue weighted by molar-refractivity contribution is 5.91. The van der Waals surface area contributed by atoms with E-state index in [-0.39, 0.29) is 12.1 Å². The molecule has 3 aromatic carbocycles. The van der Waals surface area contributed by atoms with Crippen molar-refractivity contribution in [2.24, 2.45) is 0 Å². The molecular formula is C34H44O3. The van der Waals surface area contributed by atoms with Crippen molar-refractivity contribution in [3.8, 4) is 16.9 Å². The molecule has 0 saturated carbocycles. The Morgan fingerprint density at radius 3 is 1.86 bits per heavy atom. The van der Waals surface area contributed by atoms with E-state index in [4.69, 9.17) is 9.47 Å². The molecule has 0 N–H and O–H groups in total. The van der Waals surface area contributed by atoms with Crippen LogP contribution in [0.15, 0.2) is 72.8 Å². The zero-order valence-electron chi connectivity index (χ0n) is 23.0. The molecule has 0 aliphatic carbocycles. The molecule has 37 heavy (non-hydrogen) atoms. The summed E-state index contributed by atoms with van der Waals surface area (Å²) in [5.41, 5.74) is 5.19. The summed E-state index contributed by atoms with van der Waals surface area (Å²) < 4.78 is 11.6. The topological polar surface area (TPSA) is 35.5 Å². The molecule has 198 valence electrons. The summed E-state index contributed by atoms with van der Waals surface area (Å²) in [5, 5.41) is 0. The number of carbonyl (C=O) groups excluding carboxylic acids is 1. The molecule has 3 aromatic rings. The van der Waals surface area contributed by atoms with Gasteiger partial charge in [0.1, 0.15) is 5.75 Å². The molecule has 0 aliphatic heterocycles. The van der Waals surface area contributed by atoms with Crippen molar-refractivity contribution >= 4 is 5.97 Å². The van der Waals surface area contributed by atoms with Crippen LogP contribution < -0.4 is 4.74 Å². The van der Waals surface area contributed by atoms with Crippen LogP contribution in [0.4, 0.5) is 0 Å². The zero-order valence-corrected chi connectivity index (χ0v) is 23.0. The van der Waals surface area contributed by atoms with E-state index in [1.54, 1.807) is 0 Å². The van der Waals surface area contributed by atoms with Crippen molar-refractivity contribution < 1.29 is 14.3 Å².